The van der Waals surface area contributed by atoms with Gasteiger partial charge in [-0.1, -0.05) is 6.92 Å². The monoisotopic (exact) mass is 244 g/mol. The zero-order valence-electron chi connectivity index (χ0n) is 9.60. The Balaban J connectivity index is 2.61. The molecule has 0 amide bonds. The summed E-state index contributed by atoms with van der Waals surface area (Å²) in [6, 6.07) is 1.59. The van der Waals surface area contributed by atoms with Crippen molar-refractivity contribution in [2.75, 3.05) is 7.11 Å². The van der Waals surface area contributed by atoms with Gasteiger partial charge in [-0.15, -0.1) is 11.8 Å². The van der Waals surface area contributed by atoms with Crippen LogP contribution in [0.25, 0.3) is 0 Å². The molecule has 0 saturated heterocycles. The maximum absolute atomic E-state index is 11.3. The van der Waals surface area contributed by atoms with Crippen LogP contribution in [0.15, 0.2) is 16.7 Å². The first-order valence-corrected chi connectivity index (χ1v) is 6.05. The summed E-state index contributed by atoms with van der Waals surface area (Å²) in [5, 5.41) is 9.42. The van der Waals surface area contributed by atoms with Crippen molar-refractivity contribution in [2.24, 2.45) is 0 Å². The summed E-state index contributed by atoms with van der Waals surface area (Å²) >= 11 is 1.53. The van der Waals surface area contributed by atoms with E-state index in [1.807, 2.05) is 6.92 Å². The lowest BCUT2D eigenvalue weighted by Crippen LogP contribution is -2.15. The number of ether oxygens (including phenoxy) is 1. The summed E-state index contributed by atoms with van der Waals surface area (Å²) < 4.78 is 9.85. The molecule has 0 unspecified atom stereocenters. The van der Waals surface area contributed by atoms with E-state index in [-0.39, 0.29) is 11.4 Å². The van der Waals surface area contributed by atoms with E-state index in [2.05, 4.69) is 4.74 Å². The molecule has 0 radical (unpaired) electrons. The Bertz CT molecular complexity index is 346. The normalized spacial score (nSPS) is 14.5. The first kappa shape index (κ1) is 13.1. The number of carbonyl (C=O) groups is 1. The van der Waals surface area contributed by atoms with Crippen molar-refractivity contribution in [1.82, 2.24) is 0 Å². The molecule has 0 aliphatic heterocycles. The fourth-order valence-corrected chi connectivity index (χ4v) is 2.01. The van der Waals surface area contributed by atoms with E-state index < -0.39 is 5.97 Å². The third-order valence-corrected chi connectivity index (χ3v) is 3.66. The Morgan fingerprint density at radius 3 is 2.88 bits per heavy atom. The van der Waals surface area contributed by atoms with Crippen LogP contribution in [-0.2, 0) is 10.5 Å². The van der Waals surface area contributed by atoms with Crippen molar-refractivity contribution < 1.29 is 19.1 Å². The van der Waals surface area contributed by atoms with E-state index in [0.717, 1.165) is 0 Å². The van der Waals surface area contributed by atoms with E-state index in [0.29, 0.717) is 17.1 Å². The van der Waals surface area contributed by atoms with Crippen molar-refractivity contribution in [3.8, 4) is 0 Å². The van der Waals surface area contributed by atoms with Crippen LogP contribution in [0.1, 0.15) is 30.0 Å². The van der Waals surface area contributed by atoms with Gasteiger partial charge in [0.15, 0.2) is 0 Å². The minimum Gasteiger partial charge on any atom is -0.468 e. The molecule has 1 heterocycles. The summed E-state index contributed by atoms with van der Waals surface area (Å²) in [5.41, 5.74) is 0.452. The van der Waals surface area contributed by atoms with Crippen LogP contribution in [0.2, 0.25) is 0 Å². The van der Waals surface area contributed by atoms with Crippen LogP contribution < -0.4 is 0 Å². The van der Waals surface area contributed by atoms with Gasteiger partial charge in [-0.25, -0.2) is 4.79 Å². The summed E-state index contributed by atoms with van der Waals surface area (Å²) in [6.07, 6.45) is 1.08. The van der Waals surface area contributed by atoms with E-state index in [9.17, 15) is 9.90 Å². The number of thioether (sulfide) groups is 1. The van der Waals surface area contributed by atoms with Gasteiger partial charge in [0, 0.05) is 5.25 Å². The maximum atomic E-state index is 11.3. The second-order valence-corrected chi connectivity index (χ2v) is 4.87. The lowest BCUT2D eigenvalue weighted by molar-refractivity contribution is 0.0598. The lowest BCUT2D eigenvalue weighted by Gasteiger charge is -2.13. The van der Waals surface area contributed by atoms with E-state index >= 15 is 0 Å². The molecule has 0 bridgehead atoms. The van der Waals surface area contributed by atoms with Crippen molar-refractivity contribution in [3.63, 3.8) is 0 Å². The van der Waals surface area contributed by atoms with Gasteiger partial charge in [-0.2, -0.15) is 0 Å². The largest absolute Gasteiger partial charge is 0.468 e. The standard InChI is InChI=1S/C11H16O4S/c1-7(12)8(2)16-6-10-9(4-5-15-10)11(13)14-3/h4-5,7-8,12H,6H2,1-3H3/t7-,8-/m1/s1. The molecule has 0 aliphatic rings. The minimum atomic E-state index is -0.394. The van der Waals surface area contributed by atoms with E-state index in [4.69, 9.17) is 4.42 Å². The van der Waals surface area contributed by atoms with Crippen LogP contribution in [0.5, 0.6) is 0 Å². The SMILES string of the molecule is COC(=O)c1ccoc1CS[C@H](C)[C@@H](C)O. The Kier molecular flexibility index (Phi) is 4.89. The highest BCUT2D eigenvalue weighted by Crippen LogP contribution is 2.23. The second-order valence-electron chi connectivity index (χ2n) is 3.51. The molecule has 1 aromatic heterocycles. The number of hydrogen-bond acceptors (Lipinski definition) is 5. The Hall–Kier alpha value is -0.940. The molecule has 0 spiro atoms. The molecular weight excluding hydrogens is 228 g/mol. The Labute approximate surface area is 99.0 Å². The van der Waals surface area contributed by atoms with Crippen molar-refractivity contribution in [1.29, 1.82) is 0 Å². The number of rotatable bonds is 5. The highest BCUT2D eigenvalue weighted by Gasteiger charge is 2.17. The van der Waals surface area contributed by atoms with Crippen LogP contribution in [-0.4, -0.2) is 29.5 Å². The molecule has 5 heteroatoms. The average molecular weight is 244 g/mol. The fraction of sp³-hybridized carbons (Fsp3) is 0.545. The smallest absolute Gasteiger partial charge is 0.341 e. The van der Waals surface area contributed by atoms with E-state index in [1.165, 1.54) is 25.1 Å². The minimum absolute atomic E-state index is 0.0931. The Morgan fingerprint density at radius 1 is 1.62 bits per heavy atom. The third kappa shape index (κ3) is 3.28. The van der Waals surface area contributed by atoms with Gasteiger partial charge >= 0.3 is 5.97 Å². The van der Waals surface area contributed by atoms with Crippen molar-refractivity contribution in [2.45, 2.75) is 31.0 Å². The topological polar surface area (TPSA) is 59.7 Å². The number of carbonyl (C=O) groups excluding carboxylic acids is 1. The number of methoxy groups -OCH3 is 1. The molecule has 90 valence electrons. The summed E-state index contributed by atoms with van der Waals surface area (Å²) in [5.74, 6) is 0.738. The molecule has 2 atom stereocenters. The van der Waals surface area contributed by atoms with Gasteiger partial charge in [-0.05, 0) is 13.0 Å². The molecule has 0 aliphatic carbocycles. The van der Waals surface area contributed by atoms with Crippen molar-refractivity contribution in [3.05, 3.63) is 23.7 Å². The number of furan rings is 1. The lowest BCUT2D eigenvalue weighted by atomic mass is 10.3. The number of hydrogen-bond donors (Lipinski definition) is 1. The molecule has 0 aromatic carbocycles. The second kappa shape index (κ2) is 5.96. The molecule has 1 rings (SSSR count). The first-order chi connectivity index (χ1) is 7.56. The van der Waals surface area contributed by atoms with Gasteiger partial charge < -0.3 is 14.3 Å². The van der Waals surface area contributed by atoms with Crippen molar-refractivity contribution >= 4 is 17.7 Å². The highest BCUT2D eigenvalue weighted by atomic mass is 32.2. The van der Waals surface area contributed by atoms with Gasteiger partial charge in [0.05, 0.1) is 25.2 Å². The molecular formula is C11H16O4S. The third-order valence-electron chi connectivity index (χ3n) is 2.31. The molecule has 0 fully saturated rings. The van der Waals surface area contributed by atoms with Crippen LogP contribution in [0.3, 0.4) is 0 Å². The van der Waals surface area contributed by atoms with Crippen LogP contribution >= 0.6 is 11.8 Å². The molecule has 0 saturated carbocycles. The zero-order valence-corrected chi connectivity index (χ0v) is 10.4. The number of aliphatic hydroxyl groups excluding tert-OH is 1. The fourth-order valence-electron chi connectivity index (χ4n) is 1.09. The highest BCUT2D eigenvalue weighted by molar-refractivity contribution is 7.99. The summed E-state index contributed by atoms with van der Waals surface area (Å²) in [6.45, 7) is 3.66. The molecule has 16 heavy (non-hydrogen) atoms. The molecule has 1 aromatic rings. The molecule has 4 nitrogen and oxygen atoms in total. The summed E-state index contributed by atoms with van der Waals surface area (Å²) in [4.78, 5) is 11.3. The Morgan fingerprint density at radius 2 is 2.31 bits per heavy atom. The van der Waals surface area contributed by atoms with Gasteiger partial charge in [0.1, 0.15) is 11.3 Å². The predicted octanol–water partition coefficient (Wildman–Crippen LogP) is 2.07. The number of aliphatic hydroxyl groups is 1. The van der Waals surface area contributed by atoms with Gasteiger partial charge in [-0.3, -0.25) is 0 Å². The quantitative estimate of drug-likeness (QED) is 0.803. The number of esters is 1. The maximum Gasteiger partial charge on any atom is 0.341 e. The van der Waals surface area contributed by atoms with Crippen LogP contribution in [0.4, 0.5) is 0 Å². The van der Waals surface area contributed by atoms with Crippen LogP contribution in [0, 0.1) is 0 Å². The predicted molar refractivity (Wildman–Crippen MR) is 62.5 cm³/mol. The average Bonchev–Trinajstić information content (AvgIpc) is 2.72. The van der Waals surface area contributed by atoms with E-state index in [1.54, 1.807) is 13.0 Å². The summed E-state index contributed by atoms with van der Waals surface area (Å²) in [7, 11) is 1.34. The first-order valence-electron chi connectivity index (χ1n) is 5.00. The molecule has 1 N–H and O–H groups in total. The van der Waals surface area contributed by atoms with Gasteiger partial charge in [0.25, 0.3) is 0 Å². The van der Waals surface area contributed by atoms with Gasteiger partial charge in [0.2, 0.25) is 0 Å². The zero-order chi connectivity index (χ0) is 12.1.